The van der Waals surface area contributed by atoms with Crippen molar-refractivity contribution in [1.82, 2.24) is 0 Å². The second-order valence-corrected chi connectivity index (χ2v) is 4.76. The van der Waals surface area contributed by atoms with Gasteiger partial charge in [-0.05, 0) is 36.8 Å². The third-order valence-corrected chi connectivity index (χ3v) is 2.75. The highest BCUT2D eigenvalue weighted by Gasteiger charge is 2.11. The summed E-state index contributed by atoms with van der Waals surface area (Å²) in [7, 11) is 1.45. The van der Waals surface area contributed by atoms with Gasteiger partial charge in [-0.3, -0.25) is 0 Å². The Balaban J connectivity index is 2.57. The molecule has 0 aliphatic carbocycles. The molecule has 0 aromatic heterocycles. The van der Waals surface area contributed by atoms with Crippen LogP contribution in [0.1, 0.15) is 32.3 Å². The molecule has 0 bridgehead atoms. The smallest absolute Gasteiger partial charge is 0.168 e. The van der Waals surface area contributed by atoms with Crippen LogP contribution in [-0.4, -0.2) is 18.3 Å². The van der Waals surface area contributed by atoms with Gasteiger partial charge in [-0.2, -0.15) is 0 Å². The maximum Gasteiger partial charge on any atom is 0.168 e. The number of aryl methyl sites for hydroxylation is 1. The van der Waals surface area contributed by atoms with Crippen molar-refractivity contribution in [3.8, 4) is 5.75 Å². The molecule has 1 aromatic carbocycles. The van der Waals surface area contributed by atoms with Gasteiger partial charge in [0.05, 0.1) is 13.2 Å². The van der Waals surface area contributed by atoms with E-state index in [9.17, 15) is 9.50 Å². The highest BCUT2D eigenvalue weighted by Crippen LogP contribution is 2.22. The summed E-state index contributed by atoms with van der Waals surface area (Å²) < 4.78 is 18.7. The highest BCUT2D eigenvalue weighted by atomic mass is 19.1. The highest BCUT2D eigenvalue weighted by molar-refractivity contribution is 5.31. The Labute approximate surface area is 102 Å². The van der Waals surface area contributed by atoms with Crippen LogP contribution in [0.15, 0.2) is 18.2 Å². The zero-order valence-corrected chi connectivity index (χ0v) is 10.7. The van der Waals surface area contributed by atoms with Gasteiger partial charge < -0.3 is 9.84 Å². The van der Waals surface area contributed by atoms with Crippen LogP contribution in [0.2, 0.25) is 0 Å². The van der Waals surface area contributed by atoms with Gasteiger partial charge in [-0.15, -0.1) is 0 Å². The van der Waals surface area contributed by atoms with E-state index >= 15 is 0 Å². The minimum atomic E-state index is -0.361. The second-order valence-electron chi connectivity index (χ2n) is 4.76. The fraction of sp³-hybridized carbons (Fsp3) is 0.571. The first kappa shape index (κ1) is 14.0. The molecule has 1 aromatic rings. The number of halogens is 1. The molecule has 0 aliphatic rings. The molecule has 1 unspecified atom stereocenters. The van der Waals surface area contributed by atoms with E-state index in [4.69, 9.17) is 4.74 Å². The number of rotatable bonds is 6. The Kier molecular flexibility index (Phi) is 5.42. The van der Waals surface area contributed by atoms with Gasteiger partial charge in [-0.25, -0.2) is 4.39 Å². The van der Waals surface area contributed by atoms with E-state index in [-0.39, 0.29) is 17.7 Å². The average molecular weight is 240 g/mol. The number of hydrogen-bond donors (Lipinski definition) is 1. The van der Waals surface area contributed by atoms with Crippen LogP contribution in [0.3, 0.4) is 0 Å². The normalized spacial score (nSPS) is 12.8. The van der Waals surface area contributed by atoms with Crippen molar-refractivity contribution >= 4 is 0 Å². The van der Waals surface area contributed by atoms with Gasteiger partial charge in [-0.1, -0.05) is 26.0 Å². The van der Waals surface area contributed by atoms with Crippen LogP contribution in [0, 0.1) is 11.7 Å². The molecular weight excluding hydrogens is 219 g/mol. The van der Waals surface area contributed by atoms with E-state index in [1.165, 1.54) is 7.11 Å². The molecule has 0 saturated carbocycles. The van der Waals surface area contributed by atoms with E-state index < -0.39 is 0 Å². The first-order valence-corrected chi connectivity index (χ1v) is 6.04. The molecular formula is C14H21FO2. The number of ether oxygens (including phenoxy) is 1. The van der Waals surface area contributed by atoms with E-state index in [1.54, 1.807) is 18.2 Å². The molecule has 0 saturated heterocycles. The third kappa shape index (κ3) is 4.35. The molecule has 2 nitrogen and oxygen atoms in total. The summed E-state index contributed by atoms with van der Waals surface area (Å²) in [5.41, 5.74) is 0.604. The second kappa shape index (κ2) is 6.60. The largest absolute Gasteiger partial charge is 0.494 e. The molecule has 1 rings (SSSR count). The topological polar surface area (TPSA) is 29.5 Å². The monoisotopic (exact) mass is 240 g/mol. The van der Waals surface area contributed by atoms with Gasteiger partial charge >= 0.3 is 0 Å². The molecule has 96 valence electrons. The van der Waals surface area contributed by atoms with Gasteiger partial charge in [0, 0.05) is 0 Å². The summed E-state index contributed by atoms with van der Waals surface area (Å²) in [6.45, 7) is 4.13. The summed E-state index contributed by atoms with van der Waals surface area (Å²) in [6.07, 6.45) is 1.52. The summed E-state index contributed by atoms with van der Waals surface area (Å²) in [4.78, 5) is 0. The van der Waals surface area contributed by atoms with Crippen LogP contribution < -0.4 is 4.74 Å². The Bertz CT molecular complexity index is 350. The molecule has 1 atom stereocenters. The Hall–Kier alpha value is -1.09. The van der Waals surface area contributed by atoms with Crippen molar-refractivity contribution in [2.45, 2.75) is 39.2 Å². The van der Waals surface area contributed by atoms with E-state index in [0.717, 1.165) is 6.42 Å². The minimum absolute atomic E-state index is 0.265. The Morgan fingerprint density at radius 1 is 1.35 bits per heavy atom. The summed E-state index contributed by atoms with van der Waals surface area (Å²) >= 11 is 0. The molecule has 0 amide bonds. The van der Waals surface area contributed by atoms with Crippen molar-refractivity contribution in [3.63, 3.8) is 0 Å². The molecule has 0 aliphatic heterocycles. The molecule has 1 N–H and O–H groups in total. The van der Waals surface area contributed by atoms with Gasteiger partial charge in [0.15, 0.2) is 11.6 Å². The summed E-state index contributed by atoms with van der Waals surface area (Å²) in [6, 6.07) is 5.11. The lowest BCUT2D eigenvalue weighted by Crippen LogP contribution is -2.11. The predicted molar refractivity (Wildman–Crippen MR) is 66.7 cm³/mol. The number of benzene rings is 1. The number of aliphatic hydroxyl groups is 1. The zero-order valence-electron chi connectivity index (χ0n) is 10.7. The molecule has 0 fully saturated rings. The van der Waals surface area contributed by atoms with Crippen molar-refractivity contribution in [2.75, 3.05) is 7.11 Å². The van der Waals surface area contributed by atoms with Crippen molar-refractivity contribution < 1.29 is 14.2 Å². The summed E-state index contributed by atoms with van der Waals surface area (Å²) in [5, 5.41) is 9.74. The Morgan fingerprint density at radius 3 is 2.65 bits per heavy atom. The first-order chi connectivity index (χ1) is 8.04. The molecule has 0 spiro atoms. The zero-order chi connectivity index (χ0) is 12.8. The molecule has 0 heterocycles. The standard InChI is InChI=1S/C14H21FO2/c1-10(2)9-12(16)8-7-11-5-4-6-13(17-3)14(11)15/h4-6,10,12,16H,7-9H2,1-3H3. The maximum atomic E-state index is 13.8. The van der Waals surface area contributed by atoms with Crippen LogP contribution in [0.4, 0.5) is 4.39 Å². The number of hydrogen-bond acceptors (Lipinski definition) is 2. The van der Waals surface area contributed by atoms with Gasteiger partial charge in [0.25, 0.3) is 0 Å². The SMILES string of the molecule is COc1cccc(CCC(O)CC(C)C)c1F. The fourth-order valence-electron chi connectivity index (χ4n) is 1.89. The quantitative estimate of drug-likeness (QED) is 0.827. The van der Waals surface area contributed by atoms with Gasteiger partial charge in [0.2, 0.25) is 0 Å². The fourth-order valence-corrected chi connectivity index (χ4v) is 1.89. The lowest BCUT2D eigenvalue weighted by Gasteiger charge is -2.13. The lowest BCUT2D eigenvalue weighted by molar-refractivity contribution is 0.139. The third-order valence-electron chi connectivity index (χ3n) is 2.75. The lowest BCUT2D eigenvalue weighted by atomic mass is 9.99. The maximum absolute atomic E-state index is 13.8. The Morgan fingerprint density at radius 2 is 2.06 bits per heavy atom. The van der Waals surface area contributed by atoms with Crippen LogP contribution in [0.25, 0.3) is 0 Å². The van der Waals surface area contributed by atoms with E-state index in [0.29, 0.717) is 24.3 Å². The number of methoxy groups -OCH3 is 1. The number of aliphatic hydroxyl groups excluding tert-OH is 1. The molecule has 0 radical (unpaired) electrons. The predicted octanol–water partition coefficient (Wildman–Crippen LogP) is 3.17. The van der Waals surface area contributed by atoms with Crippen molar-refractivity contribution in [2.24, 2.45) is 5.92 Å². The summed E-state index contributed by atoms with van der Waals surface area (Å²) in [5.74, 6) is 0.410. The van der Waals surface area contributed by atoms with E-state index in [1.807, 2.05) is 0 Å². The molecule has 17 heavy (non-hydrogen) atoms. The minimum Gasteiger partial charge on any atom is -0.494 e. The van der Waals surface area contributed by atoms with Crippen LogP contribution in [-0.2, 0) is 6.42 Å². The van der Waals surface area contributed by atoms with Crippen molar-refractivity contribution in [3.05, 3.63) is 29.6 Å². The van der Waals surface area contributed by atoms with Gasteiger partial charge in [0.1, 0.15) is 0 Å². The van der Waals surface area contributed by atoms with Crippen LogP contribution in [0.5, 0.6) is 5.75 Å². The molecule has 3 heteroatoms. The average Bonchev–Trinajstić information content (AvgIpc) is 2.27. The van der Waals surface area contributed by atoms with E-state index in [2.05, 4.69) is 13.8 Å². The first-order valence-electron chi connectivity index (χ1n) is 6.04. The van der Waals surface area contributed by atoms with Crippen molar-refractivity contribution in [1.29, 1.82) is 0 Å². The van der Waals surface area contributed by atoms with Crippen LogP contribution >= 0.6 is 0 Å².